The molecule has 0 spiro atoms. The zero-order valence-electron chi connectivity index (χ0n) is 12.2. The number of ether oxygens (including phenoxy) is 1. The monoisotopic (exact) mass is 300 g/mol. The molecule has 0 aliphatic heterocycles. The van der Waals surface area contributed by atoms with E-state index in [-0.39, 0.29) is 0 Å². The molecule has 0 unspecified atom stereocenters. The molecule has 6 heteroatoms. The van der Waals surface area contributed by atoms with E-state index in [2.05, 4.69) is 10.0 Å². The lowest BCUT2D eigenvalue weighted by Crippen LogP contribution is -2.25. The first-order valence-electron chi connectivity index (χ1n) is 6.88. The Morgan fingerprint density at radius 3 is 2.75 bits per heavy atom. The van der Waals surface area contributed by atoms with Crippen molar-refractivity contribution in [2.75, 3.05) is 26.8 Å². The molecule has 1 rings (SSSR count). The molecule has 114 valence electrons. The molecule has 0 fully saturated rings. The summed E-state index contributed by atoms with van der Waals surface area (Å²) in [6.45, 7) is 4.63. The highest BCUT2D eigenvalue weighted by atomic mass is 32.2. The minimum atomic E-state index is -3.41. The molecule has 0 amide bonds. The van der Waals surface area contributed by atoms with Crippen molar-refractivity contribution in [3.8, 4) is 0 Å². The third-order valence-electron chi connectivity index (χ3n) is 2.86. The van der Waals surface area contributed by atoms with Crippen LogP contribution in [0.2, 0.25) is 0 Å². The van der Waals surface area contributed by atoms with Crippen molar-refractivity contribution < 1.29 is 13.2 Å². The Kier molecular flexibility index (Phi) is 7.76. The van der Waals surface area contributed by atoms with E-state index in [1.165, 1.54) is 0 Å². The molecule has 0 radical (unpaired) electrons. The van der Waals surface area contributed by atoms with E-state index in [4.69, 9.17) is 4.74 Å². The second kappa shape index (κ2) is 9.07. The SMILES string of the molecule is CCNCc1cccc(S(=O)(=O)NCCCCOC)c1. The lowest BCUT2D eigenvalue weighted by Gasteiger charge is -2.08. The summed E-state index contributed by atoms with van der Waals surface area (Å²) in [4.78, 5) is 0.319. The molecule has 0 atom stereocenters. The molecule has 1 aromatic carbocycles. The maximum atomic E-state index is 12.1. The molecule has 0 aliphatic rings. The number of nitrogens with one attached hydrogen (secondary N) is 2. The zero-order valence-corrected chi connectivity index (χ0v) is 13.0. The fourth-order valence-electron chi connectivity index (χ4n) is 1.75. The number of methoxy groups -OCH3 is 1. The molecule has 1 aromatic rings. The van der Waals surface area contributed by atoms with Gasteiger partial charge in [-0.25, -0.2) is 13.1 Å². The zero-order chi connectivity index (χ0) is 14.8. The average Bonchev–Trinajstić information content (AvgIpc) is 2.45. The predicted octanol–water partition coefficient (Wildman–Crippen LogP) is 1.50. The van der Waals surface area contributed by atoms with Crippen molar-refractivity contribution in [2.24, 2.45) is 0 Å². The summed E-state index contributed by atoms with van der Waals surface area (Å²) in [7, 11) is -1.77. The third kappa shape index (κ3) is 6.00. The van der Waals surface area contributed by atoms with Gasteiger partial charge >= 0.3 is 0 Å². The summed E-state index contributed by atoms with van der Waals surface area (Å²) < 4.78 is 31.8. The van der Waals surface area contributed by atoms with Gasteiger partial charge in [0.2, 0.25) is 10.0 Å². The first-order chi connectivity index (χ1) is 9.60. The van der Waals surface area contributed by atoms with Crippen molar-refractivity contribution >= 4 is 10.0 Å². The van der Waals surface area contributed by atoms with Crippen molar-refractivity contribution in [2.45, 2.75) is 31.2 Å². The van der Waals surface area contributed by atoms with Gasteiger partial charge in [-0.3, -0.25) is 0 Å². The van der Waals surface area contributed by atoms with Crippen molar-refractivity contribution in [1.82, 2.24) is 10.0 Å². The molecule has 0 saturated carbocycles. The van der Waals surface area contributed by atoms with Gasteiger partial charge in [-0.15, -0.1) is 0 Å². The maximum absolute atomic E-state index is 12.1. The van der Waals surface area contributed by atoms with Crippen LogP contribution < -0.4 is 10.0 Å². The number of unbranched alkanes of at least 4 members (excludes halogenated alkanes) is 1. The first kappa shape index (κ1) is 17.1. The van der Waals surface area contributed by atoms with Crippen molar-refractivity contribution in [3.63, 3.8) is 0 Å². The summed E-state index contributed by atoms with van der Waals surface area (Å²) in [5.74, 6) is 0. The van der Waals surface area contributed by atoms with Gasteiger partial charge in [0.15, 0.2) is 0 Å². The average molecular weight is 300 g/mol. The lowest BCUT2D eigenvalue weighted by molar-refractivity contribution is 0.193. The predicted molar refractivity (Wildman–Crippen MR) is 80.1 cm³/mol. The highest BCUT2D eigenvalue weighted by molar-refractivity contribution is 7.89. The molecular formula is C14H24N2O3S. The first-order valence-corrected chi connectivity index (χ1v) is 8.36. The smallest absolute Gasteiger partial charge is 0.240 e. The Balaban J connectivity index is 2.57. The molecule has 0 heterocycles. The van der Waals surface area contributed by atoms with E-state index in [9.17, 15) is 8.42 Å². The molecule has 0 saturated heterocycles. The number of benzene rings is 1. The largest absolute Gasteiger partial charge is 0.385 e. The lowest BCUT2D eigenvalue weighted by atomic mass is 10.2. The molecule has 5 nitrogen and oxygen atoms in total. The topological polar surface area (TPSA) is 67.4 Å². The van der Waals surface area contributed by atoms with E-state index in [1.54, 1.807) is 25.3 Å². The summed E-state index contributed by atoms with van der Waals surface area (Å²) in [6, 6.07) is 7.01. The van der Waals surface area contributed by atoms with Gasteiger partial charge < -0.3 is 10.1 Å². The Hall–Kier alpha value is -0.950. The van der Waals surface area contributed by atoms with Gasteiger partial charge in [0.1, 0.15) is 0 Å². The van der Waals surface area contributed by atoms with Crippen LogP contribution in [0, 0.1) is 0 Å². The van der Waals surface area contributed by atoms with Crippen molar-refractivity contribution in [1.29, 1.82) is 0 Å². The highest BCUT2D eigenvalue weighted by Crippen LogP contribution is 2.11. The Bertz CT molecular complexity index is 489. The van der Waals surface area contributed by atoms with E-state index in [0.717, 1.165) is 24.9 Å². The normalized spacial score (nSPS) is 11.7. The number of sulfonamides is 1. The summed E-state index contributed by atoms with van der Waals surface area (Å²) >= 11 is 0. The number of rotatable bonds is 10. The minimum absolute atomic E-state index is 0.319. The van der Waals surface area contributed by atoms with Crippen LogP contribution in [0.1, 0.15) is 25.3 Å². The summed E-state index contributed by atoms with van der Waals surface area (Å²) in [6.07, 6.45) is 1.61. The Morgan fingerprint density at radius 1 is 1.25 bits per heavy atom. The maximum Gasteiger partial charge on any atom is 0.240 e. The molecular weight excluding hydrogens is 276 g/mol. The van der Waals surface area contributed by atoms with Gasteiger partial charge in [0, 0.05) is 26.8 Å². The Morgan fingerprint density at radius 2 is 2.05 bits per heavy atom. The second-order valence-electron chi connectivity index (χ2n) is 4.53. The molecule has 0 aromatic heterocycles. The quantitative estimate of drug-likeness (QED) is 0.643. The number of hydrogen-bond donors (Lipinski definition) is 2. The van der Waals surface area contributed by atoms with Crippen LogP contribution in [-0.4, -0.2) is 35.2 Å². The minimum Gasteiger partial charge on any atom is -0.385 e. The van der Waals surface area contributed by atoms with Crippen LogP contribution in [0.15, 0.2) is 29.2 Å². The third-order valence-corrected chi connectivity index (χ3v) is 4.31. The summed E-state index contributed by atoms with van der Waals surface area (Å²) in [5.41, 5.74) is 0.967. The van der Waals surface area contributed by atoms with E-state index >= 15 is 0 Å². The van der Waals surface area contributed by atoms with Crippen LogP contribution in [0.3, 0.4) is 0 Å². The van der Waals surface area contributed by atoms with Crippen LogP contribution in [0.4, 0.5) is 0 Å². The van der Waals surface area contributed by atoms with E-state index < -0.39 is 10.0 Å². The fraction of sp³-hybridized carbons (Fsp3) is 0.571. The van der Waals surface area contributed by atoms with Crippen LogP contribution in [0.5, 0.6) is 0 Å². The Labute approximate surface area is 121 Å². The van der Waals surface area contributed by atoms with Gasteiger partial charge in [0.25, 0.3) is 0 Å². The van der Waals surface area contributed by atoms with Crippen LogP contribution >= 0.6 is 0 Å². The standard InChI is InChI=1S/C14H24N2O3S/c1-3-15-12-13-7-6-8-14(11-13)20(17,18)16-9-4-5-10-19-2/h6-8,11,15-16H,3-5,9-10,12H2,1-2H3. The van der Waals surface area contributed by atoms with Gasteiger partial charge in [-0.2, -0.15) is 0 Å². The van der Waals surface area contributed by atoms with Gasteiger partial charge in [0.05, 0.1) is 4.90 Å². The molecule has 0 aliphatic carbocycles. The van der Waals surface area contributed by atoms with Crippen molar-refractivity contribution in [3.05, 3.63) is 29.8 Å². The molecule has 0 bridgehead atoms. The van der Waals surface area contributed by atoms with E-state index in [0.29, 0.717) is 24.6 Å². The van der Waals surface area contributed by atoms with Gasteiger partial charge in [-0.1, -0.05) is 19.1 Å². The fourth-order valence-corrected chi connectivity index (χ4v) is 2.90. The van der Waals surface area contributed by atoms with E-state index in [1.807, 2.05) is 13.0 Å². The highest BCUT2D eigenvalue weighted by Gasteiger charge is 2.13. The summed E-state index contributed by atoms with van der Waals surface area (Å²) in [5, 5.41) is 3.18. The number of hydrogen-bond acceptors (Lipinski definition) is 4. The van der Waals surface area contributed by atoms with Gasteiger partial charge in [-0.05, 0) is 37.1 Å². The molecule has 20 heavy (non-hydrogen) atoms. The second-order valence-corrected chi connectivity index (χ2v) is 6.29. The van der Waals surface area contributed by atoms with Crippen LogP contribution in [0.25, 0.3) is 0 Å². The van der Waals surface area contributed by atoms with Crippen LogP contribution in [-0.2, 0) is 21.3 Å². The molecule has 2 N–H and O–H groups in total.